The van der Waals surface area contributed by atoms with E-state index in [0.29, 0.717) is 10.6 Å². The summed E-state index contributed by atoms with van der Waals surface area (Å²) in [5, 5.41) is 7.42. The third kappa shape index (κ3) is 3.65. The number of ketones is 1. The topological polar surface area (TPSA) is 85.3 Å². The quantitative estimate of drug-likeness (QED) is 0.581. The molecule has 0 fully saturated rings. The summed E-state index contributed by atoms with van der Waals surface area (Å²) < 4.78 is 9.67. The average molecular weight is 384 g/mol. The van der Waals surface area contributed by atoms with Gasteiger partial charge in [-0.05, 0) is 29.7 Å². The molecule has 2 aromatic rings. The number of hydrazone groups is 1. The van der Waals surface area contributed by atoms with Crippen LogP contribution in [0, 0.1) is 0 Å². The largest absolute Gasteiger partial charge is 0.467 e. The summed E-state index contributed by atoms with van der Waals surface area (Å²) in [7, 11) is 2.42. The van der Waals surface area contributed by atoms with E-state index in [-0.39, 0.29) is 17.1 Å². The minimum atomic E-state index is -1.16. The van der Waals surface area contributed by atoms with Crippen LogP contribution in [0.1, 0.15) is 9.67 Å². The maximum atomic E-state index is 12.8. The molecule has 8 heteroatoms. The number of carbonyl (C=O) groups is 3. The predicted molar refractivity (Wildman–Crippen MR) is 101 cm³/mol. The Kier molecular flexibility index (Phi) is 5.46. The van der Waals surface area contributed by atoms with Gasteiger partial charge in [0.2, 0.25) is 5.78 Å². The number of para-hydroxylation sites is 1. The van der Waals surface area contributed by atoms with Crippen molar-refractivity contribution in [3.05, 3.63) is 64.4 Å². The SMILES string of the molecule is COC(=O)C1=CC(C(=O)c2cccs2)=NN(c2ccccc2)[C@@H]1C(=O)OC. The molecule has 27 heavy (non-hydrogen) atoms. The zero-order chi connectivity index (χ0) is 19.4. The lowest BCUT2D eigenvalue weighted by Crippen LogP contribution is -2.46. The third-order valence-electron chi connectivity index (χ3n) is 3.89. The lowest BCUT2D eigenvalue weighted by molar-refractivity contribution is -0.144. The molecule has 1 atom stereocenters. The number of allylic oxidation sites excluding steroid dienone is 1. The van der Waals surface area contributed by atoms with Crippen LogP contribution in [-0.2, 0) is 19.1 Å². The van der Waals surface area contributed by atoms with Crippen LogP contribution in [0.4, 0.5) is 5.69 Å². The molecule has 0 amide bonds. The van der Waals surface area contributed by atoms with Crippen molar-refractivity contribution in [2.24, 2.45) is 5.10 Å². The van der Waals surface area contributed by atoms with E-state index in [2.05, 4.69) is 5.10 Å². The molecule has 7 nitrogen and oxygen atoms in total. The molecule has 1 aliphatic rings. The highest BCUT2D eigenvalue weighted by molar-refractivity contribution is 7.13. The fraction of sp³-hybridized carbons (Fsp3) is 0.158. The zero-order valence-corrected chi connectivity index (χ0v) is 15.4. The molecule has 1 aromatic carbocycles. The first-order valence-corrected chi connectivity index (χ1v) is 8.83. The van der Waals surface area contributed by atoms with Crippen molar-refractivity contribution >= 4 is 40.5 Å². The number of carbonyl (C=O) groups excluding carboxylic acids is 3. The van der Waals surface area contributed by atoms with Gasteiger partial charge in [-0.3, -0.25) is 4.79 Å². The number of Topliss-reactive ketones (excluding diaryl/α,β-unsaturated/α-hetero) is 1. The number of thiophene rings is 1. The molecule has 138 valence electrons. The van der Waals surface area contributed by atoms with Crippen molar-refractivity contribution in [2.45, 2.75) is 6.04 Å². The first-order valence-electron chi connectivity index (χ1n) is 7.95. The fourth-order valence-electron chi connectivity index (χ4n) is 2.62. The van der Waals surface area contributed by atoms with Crippen LogP contribution in [0.25, 0.3) is 0 Å². The van der Waals surface area contributed by atoms with E-state index in [1.165, 1.54) is 36.6 Å². The van der Waals surface area contributed by atoms with E-state index in [1.54, 1.807) is 47.8 Å². The predicted octanol–water partition coefficient (Wildman–Crippen LogP) is 2.45. The molecule has 0 radical (unpaired) electrons. The number of ether oxygens (including phenoxy) is 2. The van der Waals surface area contributed by atoms with Gasteiger partial charge in [0.15, 0.2) is 6.04 Å². The highest BCUT2D eigenvalue weighted by Gasteiger charge is 2.39. The Morgan fingerprint density at radius 3 is 2.37 bits per heavy atom. The van der Waals surface area contributed by atoms with E-state index in [9.17, 15) is 14.4 Å². The fourth-order valence-corrected chi connectivity index (χ4v) is 3.29. The molecule has 2 heterocycles. The van der Waals surface area contributed by atoms with Gasteiger partial charge in [-0.1, -0.05) is 24.3 Å². The minimum Gasteiger partial charge on any atom is -0.467 e. The molecule has 0 unspecified atom stereocenters. The molecule has 0 aliphatic carbocycles. The van der Waals surface area contributed by atoms with Gasteiger partial charge in [0.1, 0.15) is 5.71 Å². The van der Waals surface area contributed by atoms with Gasteiger partial charge < -0.3 is 9.47 Å². The average Bonchev–Trinajstić information content (AvgIpc) is 3.26. The first kappa shape index (κ1) is 18.5. The number of anilines is 1. The normalized spacial score (nSPS) is 16.2. The number of rotatable bonds is 5. The summed E-state index contributed by atoms with van der Waals surface area (Å²) >= 11 is 1.26. The molecule has 1 aliphatic heterocycles. The number of hydrogen-bond donors (Lipinski definition) is 0. The monoisotopic (exact) mass is 384 g/mol. The van der Waals surface area contributed by atoms with Crippen LogP contribution in [0.2, 0.25) is 0 Å². The molecule has 0 saturated heterocycles. The molecule has 0 spiro atoms. The van der Waals surface area contributed by atoms with Crippen LogP contribution in [0.3, 0.4) is 0 Å². The maximum absolute atomic E-state index is 12.8. The molecular formula is C19H16N2O5S. The van der Waals surface area contributed by atoms with Crippen LogP contribution < -0.4 is 5.01 Å². The van der Waals surface area contributed by atoms with E-state index in [1.807, 2.05) is 0 Å². The zero-order valence-electron chi connectivity index (χ0n) is 14.6. The van der Waals surface area contributed by atoms with Crippen LogP contribution in [0.5, 0.6) is 0 Å². The van der Waals surface area contributed by atoms with Gasteiger partial charge in [0.25, 0.3) is 0 Å². The van der Waals surface area contributed by atoms with Gasteiger partial charge in [-0.2, -0.15) is 5.10 Å². The third-order valence-corrected chi connectivity index (χ3v) is 4.76. The lowest BCUT2D eigenvalue weighted by Gasteiger charge is -2.31. The Balaban J connectivity index is 2.14. The van der Waals surface area contributed by atoms with E-state index in [0.717, 1.165) is 0 Å². The van der Waals surface area contributed by atoms with Gasteiger partial charge in [0.05, 0.1) is 30.4 Å². The van der Waals surface area contributed by atoms with Crippen LogP contribution in [-0.4, -0.2) is 43.7 Å². The van der Waals surface area contributed by atoms with Gasteiger partial charge in [0, 0.05) is 0 Å². The van der Waals surface area contributed by atoms with E-state index < -0.39 is 18.0 Å². The van der Waals surface area contributed by atoms with E-state index >= 15 is 0 Å². The number of benzene rings is 1. The van der Waals surface area contributed by atoms with Gasteiger partial charge in [-0.15, -0.1) is 11.3 Å². The second-order valence-corrected chi connectivity index (χ2v) is 6.44. The summed E-state index contributed by atoms with van der Waals surface area (Å²) in [6, 6.07) is 11.0. The van der Waals surface area contributed by atoms with Crippen molar-refractivity contribution < 1.29 is 23.9 Å². The molecule has 0 N–H and O–H groups in total. The van der Waals surface area contributed by atoms with Crippen molar-refractivity contribution in [3.63, 3.8) is 0 Å². The standard InChI is InChI=1S/C19H16N2O5S/c1-25-18(23)13-11-14(17(22)15-9-6-10-27-15)20-21(16(13)19(24)26-2)12-7-4-3-5-8-12/h3-11,16H,1-2H3/t16-/m0/s1. The summed E-state index contributed by atoms with van der Waals surface area (Å²) in [5.41, 5.74) is 0.531. The molecular weight excluding hydrogens is 368 g/mol. The minimum absolute atomic E-state index is 0.0249. The van der Waals surface area contributed by atoms with Crippen LogP contribution >= 0.6 is 11.3 Å². The Labute approximate surface area is 159 Å². The lowest BCUT2D eigenvalue weighted by atomic mass is 10.0. The van der Waals surface area contributed by atoms with Crippen molar-refractivity contribution in [1.29, 1.82) is 0 Å². The summed E-state index contributed by atoms with van der Waals surface area (Å²) in [5.74, 6) is -1.78. The smallest absolute Gasteiger partial charge is 0.336 e. The first-order chi connectivity index (χ1) is 13.1. The molecule has 1 aromatic heterocycles. The summed E-state index contributed by atoms with van der Waals surface area (Å²) in [6.07, 6.45) is 1.29. The second kappa shape index (κ2) is 7.96. The summed E-state index contributed by atoms with van der Waals surface area (Å²) in [4.78, 5) is 38.0. The Morgan fingerprint density at radius 1 is 1.04 bits per heavy atom. The number of esters is 2. The van der Waals surface area contributed by atoms with Crippen molar-refractivity contribution in [3.8, 4) is 0 Å². The number of nitrogens with zero attached hydrogens (tertiary/aromatic N) is 2. The molecule has 0 saturated carbocycles. The van der Waals surface area contributed by atoms with E-state index in [4.69, 9.17) is 9.47 Å². The second-order valence-electron chi connectivity index (χ2n) is 5.49. The number of hydrogen-bond acceptors (Lipinski definition) is 8. The van der Waals surface area contributed by atoms with Gasteiger partial charge >= 0.3 is 11.9 Å². The Bertz CT molecular complexity index is 919. The van der Waals surface area contributed by atoms with Crippen molar-refractivity contribution in [1.82, 2.24) is 0 Å². The highest BCUT2D eigenvalue weighted by atomic mass is 32.1. The molecule has 3 rings (SSSR count). The highest BCUT2D eigenvalue weighted by Crippen LogP contribution is 2.27. The van der Waals surface area contributed by atoms with Crippen LogP contribution in [0.15, 0.2) is 64.6 Å². The Hall–Kier alpha value is -3.26. The number of methoxy groups -OCH3 is 2. The molecule has 0 bridgehead atoms. The van der Waals surface area contributed by atoms with Gasteiger partial charge in [-0.25, -0.2) is 14.6 Å². The van der Waals surface area contributed by atoms with Crippen molar-refractivity contribution in [2.75, 3.05) is 19.2 Å². The maximum Gasteiger partial charge on any atom is 0.336 e. The summed E-state index contributed by atoms with van der Waals surface area (Å²) in [6.45, 7) is 0. The Morgan fingerprint density at radius 2 is 1.78 bits per heavy atom.